The van der Waals surface area contributed by atoms with Crippen LogP contribution in [-0.2, 0) is 43.0 Å². The highest BCUT2D eigenvalue weighted by Crippen LogP contribution is 2.24. The van der Waals surface area contributed by atoms with Crippen molar-refractivity contribution >= 4 is 35.6 Å². The van der Waals surface area contributed by atoms with E-state index in [1.165, 1.54) is 28.1 Å². The lowest BCUT2D eigenvalue weighted by Gasteiger charge is -2.38. The van der Waals surface area contributed by atoms with Crippen LogP contribution in [0.3, 0.4) is 0 Å². The Morgan fingerprint density at radius 1 is 0.444 bits per heavy atom. The first-order chi connectivity index (χ1) is 20.6. The van der Waals surface area contributed by atoms with Crippen LogP contribution >= 0.6 is 0 Å². The summed E-state index contributed by atoms with van der Waals surface area (Å²) in [6.45, 7) is 18.1. The van der Waals surface area contributed by atoms with Gasteiger partial charge in [-0.05, 0) is 36.5 Å². The molecular formula is C32H55N3O10. The van der Waals surface area contributed by atoms with E-state index in [9.17, 15) is 33.9 Å². The van der Waals surface area contributed by atoms with E-state index >= 15 is 0 Å². The van der Waals surface area contributed by atoms with Crippen molar-refractivity contribution in [3.05, 3.63) is 0 Å². The Labute approximate surface area is 267 Å². The Balaban J connectivity index is 3.93. The summed E-state index contributed by atoms with van der Waals surface area (Å²) in [4.78, 5) is 85.5. The maximum atomic E-state index is 13.8. The number of cyclic esters (lactones) is 3. The minimum Gasteiger partial charge on any atom is -0.450 e. The van der Waals surface area contributed by atoms with Crippen LogP contribution in [0.1, 0.15) is 76.2 Å². The number of ether oxygens (including phenoxy) is 3. The van der Waals surface area contributed by atoms with Crippen LogP contribution in [0.15, 0.2) is 0 Å². The molecule has 1 saturated heterocycles. The summed E-state index contributed by atoms with van der Waals surface area (Å²) in [5.41, 5.74) is 0. The molecule has 0 aromatic rings. The quantitative estimate of drug-likeness (QED) is 0.335. The molecule has 13 heteroatoms. The molecule has 7 unspecified atom stereocenters. The summed E-state index contributed by atoms with van der Waals surface area (Å²) in [5.74, 6) is -7.47. The number of carbonyl (C=O) groups excluding carboxylic acids is 6. The van der Waals surface area contributed by atoms with Gasteiger partial charge < -0.3 is 34.0 Å². The van der Waals surface area contributed by atoms with Crippen molar-refractivity contribution in [2.45, 2.75) is 119 Å². The SMILES string of the molecule is CC(C)C1OC(=O)C(C(C)C)N(C)C(=O)C(C(C)C)OC(=O)C(C(C)O)N(C)C(=O)C(C(C)C)OC(=O)C(C(C)C)N(C)C1=O. The smallest absolute Gasteiger partial charge is 0.332 e. The molecule has 3 amide bonds. The van der Waals surface area contributed by atoms with Gasteiger partial charge >= 0.3 is 17.9 Å². The van der Waals surface area contributed by atoms with Crippen LogP contribution in [-0.4, -0.2) is 119 Å². The molecule has 1 fully saturated rings. The Kier molecular flexibility index (Phi) is 14.5. The molecule has 1 heterocycles. The molecule has 258 valence electrons. The molecule has 0 saturated carbocycles. The molecule has 1 N–H and O–H groups in total. The summed E-state index contributed by atoms with van der Waals surface area (Å²) in [6, 6.07) is -3.88. The van der Waals surface area contributed by atoms with Crippen molar-refractivity contribution < 1.29 is 48.1 Å². The van der Waals surface area contributed by atoms with Gasteiger partial charge in [-0.1, -0.05) is 69.2 Å². The number of esters is 3. The summed E-state index contributed by atoms with van der Waals surface area (Å²) in [5, 5.41) is 10.6. The number of nitrogens with zero attached hydrogens (tertiary/aromatic N) is 3. The molecule has 0 aromatic carbocycles. The van der Waals surface area contributed by atoms with Gasteiger partial charge in [0.25, 0.3) is 17.7 Å². The fourth-order valence-corrected chi connectivity index (χ4v) is 5.45. The number of amides is 3. The van der Waals surface area contributed by atoms with Crippen molar-refractivity contribution in [3.8, 4) is 0 Å². The molecule has 0 aromatic heterocycles. The van der Waals surface area contributed by atoms with Crippen molar-refractivity contribution in [2.75, 3.05) is 21.1 Å². The lowest BCUT2D eigenvalue weighted by Crippen LogP contribution is -2.58. The van der Waals surface area contributed by atoms with Gasteiger partial charge in [0.15, 0.2) is 24.4 Å². The van der Waals surface area contributed by atoms with E-state index < -0.39 is 108 Å². The van der Waals surface area contributed by atoms with Crippen molar-refractivity contribution in [2.24, 2.45) is 29.6 Å². The molecule has 45 heavy (non-hydrogen) atoms. The van der Waals surface area contributed by atoms with Crippen molar-refractivity contribution in [3.63, 3.8) is 0 Å². The van der Waals surface area contributed by atoms with Crippen LogP contribution in [0.2, 0.25) is 0 Å². The molecule has 0 radical (unpaired) electrons. The third-order valence-electron chi connectivity index (χ3n) is 8.02. The monoisotopic (exact) mass is 641 g/mol. The van der Waals surface area contributed by atoms with E-state index in [1.54, 1.807) is 69.2 Å². The minimum absolute atomic E-state index is 0.471. The van der Waals surface area contributed by atoms with Gasteiger partial charge in [0.1, 0.15) is 12.1 Å². The first-order valence-electron chi connectivity index (χ1n) is 15.7. The molecular weight excluding hydrogens is 586 g/mol. The summed E-state index contributed by atoms with van der Waals surface area (Å²) in [7, 11) is 4.05. The van der Waals surface area contributed by atoms with Crippen LogP contribution in [0.25, 0.3) is 0 Å². The third kappa shape index (κ3) is 9.40. The predicted octanol–water partition coefficient (Wildman–Crippen LogP) is 1.88. The number of hydrogen-bond donors (Lipinski definition) is 1. The first kappa shape index (κ1) is 39.8. The maximum Gasteiger partial charge on any atom is 0.332 e. The molecule has 0 spiro atoms. The molecule has 1 aliphatic heterocycles. The fourth-order valence-electron chi connectivity index (χ4n) is 5.45. The first-order valence-corrected chi connectivity index (χ1v) is 15.7. The topological polar surface area (TPSA) is 160 Å². The second-order valence-corrected chi connectivity index (χ2v) is 13.7. The summed E-state index contributed by atoms with van der Waals surface area (Å²) < 4.78 is 17.1. The van der Waals surface area contributed by atoms with E-state index in [0.717, 1.165) is 14.7 Å². The highest BCUT2D eigenvalue weighted by Gasteiger charge is 2.45. The lowest BCUT2D eigenvalue weighted by molar-refractivity contribution is -0.182. The van der Waals surface area contributed by atoms with Crippen LogP contribution in [0.4, 0.5) is 0 Å². The number of rotatable bonds is 6. The zero-order valence-electron chi connectivity index (χ0n) is 29.4. The van der Waals surface area contributed by atoms with Gasteiger partial charge in [-0.2, -0.15) is 0 Å². The van der Waals surface area contributed by atoms with Gasteiger partial charge in [0, 0.05) is 21.1 Å². The van der Waals surface area contributed by atoms with Gasteiger partial charge in [0.2, 0.25) is 0 Å². The average molecular weight is 642 g/mol. The van der Waals surface area contributed by atoms with E-state index in [2.05, 4.69) is 0 Å². The van der Waals surface area contributed by atoms with E-state index in [-0.39, 0.29) is 0 Å². The standard InChI is InChI=1S/C32H55N3O10/c1-15(2)21-30(40)43-24(17(5)6)27(37)33(12)22(16(3)4)31(41)44-26(19(9)10)29(39)35(14)23(20(11)36)32(42)45-25(18(7)8)28(38)34(21)13/h15-26,36H,1-14H3. The van der Waals surface area contributed by atoms with E-state index in [4.69, 9.17) is 14.2 Å². The Bertz CT molecular complexity index is 954. The molecule has 0 bridgehead atoms. The summed E-state index contributed by atoms with van der Waals surface area (Å²) in [6.07, 6.45) is -5.52. The maximum absolute atomic E-state index is 13.8. The highest BCUT2D eigenvalue weighted by atomic mass is 16.6. The zero-order chi connectivity index (χ0) is 35.2. The predicted molar refractivity (Wildman–Crippen MR) is 165 cm³/mol. The Morgan fingerprint density at radius 3 is 0.867 bits per heavy atom. The summed E-state index contributed by atoms with van der Waals surface area (Å²) >= 11 is 0. The minimum atomic E-state index is -1.56. The Hall–Kier alpha value is -3.22. The van der Waals surface area contributed by atoms with Gasteiger partial charge in [-0.15, -0.1) is 0 Å². The van der Waals surface area contributed by atoms with Crippen LogP contribution in [0.5, 0.6) is 0 Å². The molecule has 0 aliphatic carbocycles. The molecule has 13 nitrogen and oxygen atoms in total. The van der Waals surface area contributed by atoms with Crippen molar-refractivity contribution in [1.29, 1.82) is 0 Å². The number of aliphatic hydroxyl groups is 1. The third-order valence-corrected chi connectivity index (χ3v) is 8.02. The van der Waals surface area contributed by atoms with Gasteiger partial charge in [-0.3, -0.25) is 14.4 Å². The number of carbonyl (C=O) groups is 6. The van der Waals surface area contributed by atoms with Gasteiger partial charge in [-0.25, -0.2) is 14.4 Å². The molecule has 1 rings (SSSR count). The Morgan fingerprint density at radius 2 is 0.667 bits per heavy atom. The fraction of sp³-hybridized carbons (Fsp3) is 0.812. The average Bonchev–Trinajstić information content (AvgIpc) is 2.90. The lowest BCUT2D eigenvalue weighted by atomic mass is 9.98. The van der Waals surface area contributed by atoms with Crippen LogP contribution in [0, 0.1) is 29.6 Å². The zero-order valence-corrected chi connectivity index (χ0v) is 29.4. The van der Waals surface area contributed by atoms with E-state index in [0.29, 0.717) is 0 Å². The second-order valence-electron chi connectivity index (χ2n) is 13.7. The number of likely N-dealkylation sites (N-methyl/N-ethyl adjacent to an activating group) is 3. The van der Waals surface area contributed by atoms with Gasteiger partial charge in [0.05, 0.1) is 6.10 Å². The molecule has 7 atom stereocenters. The second kappa shape index (κ2) is 16.4. The van der Waals surface area contributed by atoms with Crippen LogP contribution < -0.4 is 0 Å². The van der Waals surface area contributed by atoms with Crippen molar-refractivity contribution in [1.82, 2.24) is 14.7 Å². The van der Waals surface area contributed by atoms with E-state index in [1.807, 2.05) is 0 Å². The number of hydrogen-bond acceptors (Lipinski definition) is 10. The molecule has 1 aliphatic rings. The normalized spacial score (nSPS) is 28.1. The number of aliphatic hydroxyl groups excluding tert-OH is 1. The largest absolute Gasteiger partial charge is 0.450 e. The highest BCUT2D eigenvalue weighted by molar-refractivity contribution is 5.94.